The molecule has 3 aromatic heterocycles. The van der Waals surface area contributed by atoms with Crippen LogP contribution in [-0.4, -0.2) is 59.4 Å². The Hall–Kier alpha value is -0.880. The highest BCUT2D eigenvalue weighted by atomic mass is 127. The molecule has 8 nitrogen and oxygen atoms in total. The molecule has 29 heavy (non-hydrogen) atoms. The molecule has 1 unspecified atom stereocenters. The fraction of sp³-hybridized carbons (Fsp3) is 0.471. The lowest BCUT2D eigenvalue weighted by Gasteiger charge is -2.34. The average molecular weight is 565 g/mol. The molecule has 3 aromatic rings. The van der Waals surface area contributed by atoms with Crippen LogP contribution in [0.2, 0.25) is 0 Å². The van der Waals surface area contributed by atoms with Crippen LogP contribution in [0.15, 0.2) is 12.1 Å². The minimum absolute atomic E-state index is 0.0360. The van der Waals surface area contributed by atoms with E-state index < -0.39 is 9.84 Å². The van der Waals surface area contributed by atoms with Crippen LogP contribution in [0.4, 0.5) is 5.82 Å². The molecule has 0 spiro atoms. The van der Waals surface area contributed by atoms with Crippen LogP contribution >= 0.6 is 39.9 Å². The summed E-state index contributed by atoms with van der Waals surface area (Å²) in [5.74, 6) is 0.735. The Morgan fingerprint density at radius 3 is 2.90 bits per heavy atom. The van der Waals surface area contributed by atoms with E-state index in [4.69, 9.17) is 9.72 Å². The van der Waals surface area contributed by atoms with Crippen molar-refractivity contribution in [2.24, 2.45) is 0 Å². The van der Waals surface area contributed by atoms with Gasteiger partial charge in [-0.3, -0.25) is 0 Å². The number of hydrogen-bond acceptors (Lipinski definition) is 8. The van der Waals surface area contributed by atoms with Crippen molar-refractivity contribution < 1.29 is 13.2 Å². The molecule has 1 fully saturated rings. The van der Waals surface area contributed by atoms with Crippen LogP contribution in [0.25, 0.3) is 21.6 Å². The topological polar surface area (TPSA) is 90.2 Å². The lowest BCUT2D eigenvalue weighted by Crippen LogP contribution is -2.44. The summed E-state index contributed by atoms with van der Waals surface area (Å²) in [6.07, 6.45) is 1.69. The van der Waals surface area contributed by atoms with Gasteiger partial charge in [0.1, 0.15) is 17.0 Å². The lowest BCUT2D eigenvalue weighted by molar-refractivity contribution is 0.0985. The average Bonchev–Trinajstić information content (AvgIpc) is 3.23. The summed E-state index contributed by atoms with van der Waals surface area (Å²) in [7, 11) is -3.20. The van der Waals surface area contributed by atoms with E-state index in [-0.39, 0.29) is 11.8 Å². The molecular formula is C17H21IN5O3PS2. The number of nitrogens with zero attached hydrogens (tertiary/aromatic N) is 5. The van der Waals surface area contributed by atoms with E-state index in [9.17, 15) is 8.42 Å². The minimum atomic E-state index is -3.20. The summed E-state index contributed by atoms with van der Waals surface area (Å²) in [6.45, 7) is 6.01. The van der Waals surface area contributed by atoms with Crippen LogP contribution in [0.5, 0.6) is 0 Å². The molecule has 0 aromatic carbocycles. The molecular weight excluding hydrogens is 544 g/mol. The van der Waals surface area contributed by atoms with Gasteiger partial charge in [-0.2, -0.15) is 9.47 Å². The van der Waals surface area contributed by atoms with Gasteiger partial charge >= 0.3 is 0 Å². The quantitative estimate of drug-likeness (QED) is 0.346. The van der Waals surface area contributed by atoms with E-state index in [1.807, 2.05) is 23.5 Å². The summed E-state index contributed by atoms with van der Waals surface area (Å²) in [5.41, 5.74) is 4.06. The van der Waals surface area contributed by atoms with Gasteiger partial charge in [-0.1, -0.05) is 0 Å². The highest BCUT2D eigenvalue weighted by molar-refractivity contribution is 14.2. The first-order chi connectivity index (χ1) is 13.8. The summed E-state index contributed by atoms with van der Waals surface area (Å²) < 4.78 is 37.1. The second kappa shape index (κ2) is 8.33. The van der Waals surface area contributed by atoms with Gasteiger partial charge in [0.25, 0.3) is 0 Å². The number of pyridine rings is 1. The van der Waals surface area contributed by atoms with Crippen LogP contribution in [0.1, 0.15) is 18.2 Å². The first kappa shape index (κ1) is 21.4. The third-order valence-electron chi connectivity index (χ3n) is 4.72. The van der Waals surface area contributed by atoms with Crippen LogP contribution < -0.4 is 4.90 Å². The zero-order valence-corrected chi connectivity index (χ0v) is 21.0. The van der Waals surface area contributed by atoms with Gasteiger partial charge in [-0.15, -0.1) is 0 Å². The molecule has 0 bridgehead atoms. The first-order valence-corrected chi connectivity index (χ1v) is 15.9. The number of aromatic nitrogens is 4. The molecule has 156 valence electrons. The second-order valence-electron chi connectivity index (χ2n) is 7.20. The van der Waals surface area contributed by atoms with Crippen molar-refractivity contribution in [3.8, 4) is 11.4 Å². The number of anilines is 1. The Labute approximate surface area is 188 Å². The van der Waals surface area contributed by atoms with Crippen molar-refractivity contribution in [2.75, 3.05) is 30.9 Å². The standard InChI is InChI=1S/C17H21IN5O3PS2/c1-10-6-13(23(20-10)27-18)15-16-17(28-21-15)12(9-29(3,24)25)7-14(19-16)22-4-5-26-8-11(22)2/h6-7,11,27H,4-5,8-9H2,1-3H3/t11-/m1/s1. The van der Waals surface area contributed by atoms with Crippen LogP contribution in [0.3, 0.4) is 0 Å². The summed E-state index contributed by atoms with van der Waals surface area (Å²) in [6, 6.07) is 4.07. The smallest absolute Gasteiger partial charge is 0.151 e. The molecule has 0 aliphatic carbocycles. The highest BCUT2D eigenvalue weighted by Gasteiger charge is 2.25. The van der Waals surface area contributed by atoms with Gasteiger partial charge in [0.05, 0.1) is 47.5 Å². The Bertz CT molecular complexity index is 1160. The molecule has 1 aliphatic rings. The number of halogens is 1. The maximum atomic E-state index is 12.1. The van der Waals surface area contributed by atoms with Crippen molar-refractivity contribution in [1.29, 1.82) is 0 Å². The molecule has 4 rings (SSSR count). The molecule has 0 N–H and O–H groups in total. The van der Waals surface area contributed by atoms with Gasteiger partial charge in [0, 0.05) is 12.8 Å². The highest BCUT2D eigenvalue weighted by Crippen LogP contribution is 2.38. The molecule has 0 saturated carbocycles. The van der Waals surface area contributed by atoms with Gasteiger partial charge in [0.15, 0.2) is 9.84 Å². The Balaban J connectivity index is 1.93. The zero-order valence-electron chi connectivity index (χ0n) is 16.2. The Morgan fingerprint density at radius 1 is 1.41 bits per heavy atom. The van der Waals surface area contributed by atoms with Crippen molar-refractivity contribution >= 4 is 65.8 Å². The van der Waals surface area contributed by atoms with E-state index in [0.29, 0.717) is 19.6 Å². The molecule has 12 heteroatoms. The number of rotatable bonds is 5. The monoisotopic (exact) mass is 565 g/mol. The minimum Gasteiger partial charge on any atom is -0.377 e. The van der Waals surface area contributed by atoms with Gasteiger partial charge in [0.2, 0.25) is 0 Å². The predicted octanol–water partition coefficient (Wildman–Crippen LogP) is 3.42. The maximum absolute atomic E-state index is 12.1. The van der Waals surface area contributed by atoms with Crippen LogP contribution in [0, 0.1) is 6.92 Å². The number of morpholine rings is 1. The largest absolute Gasteiger partial charge is 0.377 e. The number of fused-ring (bicyclic) bond motifs is 1. The number of sulfone groups is 1. The molecule has 0 radical (unpaired) electrons. The van der Waals surface area contributed by atoms with Gasteiger partial charge < -0.3 is 9.64 Å². The third kappa shape index (κ3) is 4.43. The first-order valence-electron chi connectivity index (χ1n) is 9.02. The van der Waals surface area contributed by atoms with Crippen LogP contribution in [-0.2, 0) is 20.3 Å². The lowest BCUT2D eigenvalue weighted by atomic mass is 10.1. The summed E-state index contributed by atoms with van der Waals surface area (Å²) in [4.78, 5) is 7.12. The normalized spacial score (nSPS) is 18.3. The van der Waals surface area contributed by atoms with Crippen molar-refractivity contribution in [2.45, 2.75) is 25.6 Å². The number of aryl methyl sites for hydroxylation is 1. The predicted molar refractivity (Wildman–Crippen MR) is 127 cm³/mol. The fourth-order valence-electron chi connectivity index (χ4n) is 3.47. The second-order valence-corrected chi connectivity index (χ2v) is 12.2. The molecule has 0 amide bonds. The summed E-state index contributed by atoms with van der Waals surface area (Å²) in [5, 5.41) is 4.53. The third-order valence-corrected chi connectivity index (χ3v) is 8.34. The maximum Gasteiger partial charge on any atom is 0.151 e. The molecule has 4 heterocycles. The van der Waals surface area contributed by atoms with E-state index in [0.717, 1.165) is 45.2 Å². The van der Waals surface area contributed by atoms with Crippen molar-refractivity contribution in [1.82, 2.24) is 18.9 Å². The van der Waals surface area contributed by atoms with Gasteiger partial charge in [-0.25, -0.2) is 17.9 Å². The molecule has 1 aliphatic heterocycles. The number of ether oxygens (including phenoxy) is 1. The Morgan fingerprint density at radius 2 is 2.21 bits per heavy atom. The van der Waals surface area contributed by atoms with E-state index >= 15 is 0 Å². The molecule has 1 saturated heterocycles. The van der Waals surface area contributed by atoms with E-state index in [1.54, 1.807) is 0 Å². The Kier molecular flexibility index (Phi) is 6.14. The zero-order chi connectivity index (χ0) is 20.8. The van der Waals surface area contributed by atoms with Crippen molar-refractivity contribution in [3.63, 3.8) is 0 Å². The van der Waals surface area contributed by atoms with Gasteiger partial charge in [-0.05, 0) is 65.1 Å². The summed E-state index contributed by atoms with van der Waals surface area (Å²) >= 11 is 3.59. The van der Waals surface area contributed by atoms with E-state index in [1.165, 1.54) is 17.8 Å². The fourth-order valence-corrected chi connectivity index (χ4v) is 6.76. The SMILES string of the molecule is Cc1cc(-c2nsc3c(CS(C)(=O)=O)cc(N4CCOC[C@H]4C)nc23)n(PI)n1. The molecule has 2 atom stereocenters. The van der Waals surface area contributed by atoms with Crippen molar-refractivity contribution in [3.05, 3.63) is 23.4 Å². The number of hydrogen-bond donors (Lipinski definition) is 0. The van der Waals surface area contributed by atoms with E-state index in [2.05, 4.69) is 43.3 Å².